The zero-order chi connectivity index (χ0) is 13.8. The average molecular weight is 267 g/mol. The molecule has 0 aliphatic rings. The summed E-state index contributed by atoms with van der Waals surface area (Å²) in [6.07, 6.45) is 4.94. The van der Waals surface area contributed by atoms with Gasteiger partial charge in [-0.05, 0) is 25.0 Å². The van der Waals surface area contributed by atoms with Crippen LogP contribution in [0, 0.1) is 0 Å². The Hall–Kier alpha value is -1.49. The Bertz CT molecular complexity index is 336. The zero-order valence-electron chi connectivity index (χ0n) is 11.9. The van der Waals surface area contributed by atoms with Gasteiger partial charge in [-0.1, -0.05) is 13.3 Å². The Balaban J connectivity index is 2.35. The summed E-state index contributed by atoms with van der Waals surface area (Å²) in [5.74, 6) is 1.70. The van der Waals surface area contributed by atoms with E-state index < -0.39 is 0 Å². The Kier molecular flexibility index (Phi) is 8.55. The second-order valence-corrected chi connectivity index (χ2v) is 4.30. The second kappa shape index (κ2) is 10.4. The number of hydrogen-bond donors (Lipinski definition) is 2. The molecule has 1 heterocycles. The summed E-state index contributed by atoms with van der Waals surface area (Å²) >= 11 is 0. The molecule has 5 heteroatoms. The molecular formula is C14H25N3O2. The van der Waals surface area contributed by atoms with Crippen molar-refractivity contribution < 1.29 is 9.15 Å². The van der Waals surface area contributed by atoms with E-state index in [1.165, 1.54) is 6.42 Å². The molecule has 0 saturated heterocycles. The summed E-state index contributed by atoms with van der Waals surface area (Å²) in [4.78, 5) is 4.50. The van der Waals surface area contributed by atoms with Crippen molar-refractivity contribution in [1.29, 1.82) is 0 Å². The van der Waals surface area contributed by atoms with Crippen LogP contribution in [-0.2, 0) is 11.3 Å². The molecule has 0 aliphatic heterocycles. The number of unbranched alkanes of at least 4 members (excludes halogenated alkanes) is 1. The highest BCUT2D eigenvalue weighted by atomic mass is 16.5. The molecule has 0 saturated carbocycles. The van der Waals surface area contributed by atoms with Gasteiger partial charge < -0.3 is 19.8 Å². The maximum atomic E-state index is 5.27. The third-order valence-electron chi connectivity index (χ3n) is 2.61. The van der Waals surface area contributed by atoms with Crippen LogP contribution in [0.25, 0.3) is 0 Å². The molecule has 0 aliphatic carbocycles. The Morgan fingerprint density at radius 3 is 2.74 bits per heavy atom. The zero-order valence-corrected chi connectivity index (χ0v) is 11.9. The van der Waals surface area contributed by atoms with E-state index in [9.17, 15) is 0 Å². The molecule has 0 atom stereocenters. The standard InChI is InChI=1S/C14H25N3O2/c1-3-4-8-15-14(16-9-6-10-18-2)17-12-13-7-5-11-19-13/h5,7,11H,3-4,6,8-10,12H2,1-2H3,(H2,15,16,17). The van der Waals surface area contributed by atoms with Crippen LogP contribution in [0.2, 0.25) is 0 Å². The molecule has 0 unspecified atom stereocenters. The Morgan fingerprint density at radius 1 is 1.32 bits per heavy atom. The van der Waals surface area contributed by atoms with E-state index in [0.717, 1.165) is 44.3 Å². The van der Waals surface area contributed by atoms with Gasteiger partial charge in [0, 0.05) is 26.8 Å². The predicted molar refractivity (Wildman–Crippen MR) is 77.3 cm³/mol. The normalized spacial score (nSPS) is 11.6. The van der Waals surface area contributed by atoms with E-state index in [1.807, 2.05) is 12.1 Å². The van der Waals surface area contributed by atoms with Crippen molar-refractivity contribution in [1.82, 2.24) is 10.6 Å². The first-order valence-corrected chi connectivity index (χ1v) is 6.90. The summed E-state index contributed by atoms with van der Waals surface area (Å²) in [6, 6.07) is 3.80. The third kappa shape index (κ3) is 7.51. The summed E-state index contributed by atoms with van der Waals surface area (Å²) in [5, 5.41) is 6.61. The number of hydrogen-bond acceptors (Lipinski definition) is 3. The highest BCUT2D eigenvalue weighted by molar-refractivity contribution is 5.79. The summed E-state index contributed by atoms with van der Waals surface area (Å²) in [5.41, 5.74) is 0. The molecule has 0 fully saturated rings. The third-order valence-corrected chi connectivity index (χ3v) is 2.61. The molecule has 1 rings (SSSR count). The maximum absolute atomic E-state index is 5.27. The molecule has 0 spiro atoms. The van der Waals surface area contributed by atoms with Crippen molar-refractivity contribution in [3.05, 3.63) is 24.2 Å². The Morgan fingerprint density at radius 2 is 2.11 bits per heavy atom. The SMILES string of the molecule is CCCCNC(=NCc1ccco1)NCCCOC. The summed E-state index contributed by atoms with van der Waals surface area (Å²) < 4.78 is 10.3. The van der Waals surface area contributed by atoms with Crippen LogP contribution in [0.5, 0.6) is 0 Å². The van der Waals surface area contributed by atoms with Crippen LogP contribution in [0.15, 0.2) is 27.8 Å². The van der Waals surface area contributed by atoms with E-state index in [1.54, 1.807) is 13.4 Å². The van der Waals surface area contributed by atoms with Gasteiger partial charge in [0.2, 0.25) is 0 Å². The molecular weight excluding hydrogens is 242 g/mol. The first kappa shape index (κ1) is 15.6. The van der Waals surface area contributed by atoms with Crippen molar-refractivity contribution in [3.63, 3.8) is 0 Å². The molecule has 5 nitrogen and oxygen atoms in total. The van der Waals surface area contributed by atoms with Gasteiger partial charge in [-0.25, -0.2) is 4.99 Å². The first-order chi connectivity index (χ1) is 9.36. The fourth-order valence-electron chi connectivity index (χ4n) is 1.54. The fourth-order valence-corrected chi connectivity index (χ4v) is 1.54. The van der Waals surface area contributed by atoms with E-state index in [2.05, 4.69) is 22.5 Å². The van der Waals surface area contributed by atoms with Gasteiger partial charge >= 0.3 is 0 Å². The minimum atomic E-state index is 0.554. The van der Waals surface area contributed by atoms with E-state index in [-0.39, 0.29) is 0 Å². The van der Waals surface area contributed by atoms with Crippen molar-refractivity contribution >= 4 is 5.96 Å². The van der Waals surface area contributed by atoms with E-state index in [0.29, 0.717) is 6.54 Å². The number of ether oxygens (including phenoxy) is 1. The van der Waals surface area contributed by atoms with Gasteiger partial charge in [0.25, 0.3) is 0 Å². The van der Waals surface area contributed by atoms with Gasteiger partial charge in [0.05, 0.1) is 6.26 Å². The molecule has 0 bridgehead atoms. The monoisotopic (exact) mass is 267 g/mol. The molecule has 19 heavy (non-hydrogen) atoms. The van der Waals surface area contributed by atoms with Gasteiger partial charge in [0.1, 0.15) is 12.3 Å². The number of aliphatic imine (C=N–C) groups is 1. The lowest BCUT2D eigenvalue weighted by Crippen LogP contribution is -2.38. The molecule has 0 amide bonds. The molecule has 2 N–H and O–H groups in total. The quantitative estimate of drug-likeness (QED) is 0.409. The van der Waals surface area contributed by atoms with Crippen LogP contribution >= 0.6 is 0 Å². The molecule has 108 valence electrons. The van der Waals surface area contributed by atoms with Gasteiger partial charge in [-0.3, -0.25) is 0 Å². The van der Waals surface area contributed by atoms with Crippen molar-refractivity contribution in [2.24, 2.45) is 4.99 Å². The van der Waals surface area contributed by atoms with E-state index in [4.69, 9.17) is 9.15 Å². The number of guanidine groups is 1. The second-order valence-electron chi connectivity index (χ2n) is 4.30. The number of nitrogens with zero attached hydrogens (tertiary/aromatic N) is 1. The fraction of sp³-hybridized carbons (Fsp3) is 0.643. The highest BCUT2D eigenvalue weighted by Gasteiger charge is 1.99. The number of furan rings is 1. The average Bonchev–Trinajstić information content (AvgIpc) is 2.93. The van der Waals surface area contributed by atoms with Crippen LogP contribution in [0.3, 0.4) is 0 Å². The van der Waals surface area contributed by atoms with Crippen LogP contribution in [0.4, 0.5) is 0 Å². The van der Waals surface area contributed by atoms with Crippen LogP contribution in [-0.4, -0.2) is 32.8 Å². The maximum Gasteiger partial charge on any atom is 0.191 e. The predicted octanol–water partition coefficient (Wildman–Crippen LogP) is 2.15. The smallest absolute Gasteiger partial charge is 0.191 e. The first-order valence-electron chi connectivity index (χ1n) is 6.90. The number of rotatable bonds is 9. The van der Waals surface area contributed by atoms with Crippen LogP contribution < -0.4 is 10.6 Å². The number of methoxy groups -OCH3 is 1. The van der Waals surface area contributed by atoms with Crippen molar-refractivity contribution in [3.8, 4) is 0 Å². The molecule has 1 aromatic heterocycles. The molecule has 1 aromatic rings. The molecule has 0 radical (unpaired) electrons. The Labute approximate surface area is 115 Å². The lowest BCUT2D eigenvalue weighted by atomic mass is 10.3. The minimum Gasteiger partial charge on any atom is -0.467 e. The van der Waals surface area contributed by atoms with Gasteiger partial charge in [0.15, 0.2) is 5.96 Å². The van der Waals surface area contributed by atoms with Crippen LogP contribution in [0.1, 0.15) is 31.9 Å². The van der Waals surface area contributed by atoms with Gasteiger partial charge in [-0.15, -0.1) is 0 Å². The topological polar surface area (TPSA) is 58.8 Å². The lowest BCUT2D eigenvalue weighted by Gasteiger charge is -2.11. The van der Waals surface area contributed by atoms with Crippen molar-refractivity contribution in [2.45, 2.75) is 32.7 Å². The summed E-state index contributed by atoms with van der Waals surface area (Å²) in [7, 11) is 1.71. The highest BCUT2D eigenvalue weighted by Crippen LogP contribution is 2.01. The number of nitrogens with one attached hydrogen (secondary N) is 2. The lowest BCUT2D eigenvalue weighted by molar-refractivity contribution is 0.195. The van der Waals surface area contributed by atoms with Crippen molar-refractivity contribution in [2.75, 3.05) is 26.8 Å². The largest absolute Gasteiger partial charge is 0.467 e. The summed E-state index contributed by atoms with van der Waals surface area (Å²) in [6.45, 7) is 5.27. The minimum absolute atomic E-state index is 0.554. The van der Waals surface area contributed by atoms with Gasteiger partial charge in [-0.2, -0.15) is 0 Å². The molecule has 0 aromatic carbocycles. The van der Waals surface area contributed by atoms with E-state index >= 15 is 0 Å².